The van der Waals surface area contributed by atoms with E-state index in [4.69, 9.17) is 27.8 Å². The average molecular weight is 750 g/mol. The van der Waals surface area contributed by atoms with E-state index in [-0.39, 0.29) is 23.9 Å². The van der Waals surface area contributed by atoms with Gasteiger partial charge in [-0.2, -0.15) is 0 Å². The average Bonchev–Trinajstić information content (AvgIpc) is 3.51. The zero-order chi connectivity index (χ0) is 36.8. The number of allylic oxidation sites excluding steroid dienone is 3. The number of esters is 1. The van der Waals surface area contributed by atoms with Crippen molar-refractivity contribution in [2.45, 2.75) is 63.8 Å². The third-order valence-corrected chi connectivity index (χ3v) is 8.63. The van der Waals surface area contributed by atoms with Crippen LogP contribution in [0.5, 0.6) is 5.75 Å². The van der Waals surface area contributed by atoms with Crippen molar-refractivity contribution >= 4 is 45.9 Å². The molecule has 6 N–H and O–H groups in total. The van der Waals surface area contributed by atoms with Gasteiger partial charge in [-0.1, -0.05) is 53.6 Å². The van der Waals surface area contributed by atoms with Gasteiger partial charge in [-0.15, -0.1) is 23.4 Å². The van der Waals surface area contributed by atoms with Crippen LogP contribution in [0, 0.1) is 0 Å². The van der Waals surface area contributed by atoms with E-state index in [2.05, 4.69) is 25.6 Å². The summed E-state index contributed by atoms with van der Waals surface area (Å²) in [4.78, 5) is 40.4. The molecule has 12 nitrogen and oxygen atoms in total. The van der Waals surface area contributed by atoms with E-state index in [0.29, 0.717) is 52.5 Å². The van der Waals surface area contributed by atoms with Gasteiger partial charge >= 0.3 is 12.3 Å². The molecule has 0 radical (unpaired) electrons. The molecule has 0 bridgehead atoms. The van der Waals surface area contributed by atoms with Crippen LogP contribution in [0.4, 0.5) is 18.3 Å². The van der Waals surface area contributed by atoms with Crippen LogP contribution in [0.3, 0.4) is 0 Å². The molecule has 17 heteroatoms. The number of unbranched alkanes of at least 4 members (excludes halogenated alkanes) is 1. The summed E-state index contributed by atoms with van der Waals surface area (Å²) in [5, 5.41) is 14.8. The lowest BCUT2D eigenvalue weighted by molar-refractivity contribution is -0.274. The minimum absolute atomic E-state index is 0.0171. The van der Waals surface area contributed by atoms with Gasteiger partial charge in [0.05, 0.1) is 13.0 Å². The summed E-state index contributed by atoms with van der Waals surface area (Å²) in [7, 11) is 0. The standard InChI is InChI=1S/C34H39ClF3N7O5S/c35-24-10-7-9-23(20-24)31(49-30(47)21-45-16-4-1-5-17-45)32(48)42-33-44-43-29(51-33)13-3-2-11-25(39)14-15-27(40)41-28(46)19-22-8-6-12-26(18-22)50-34(36,37)38/h6-10,12,14-15,18,20,31H,1-5,11,13,16-17,19,21,39-40H2,(H,41,46)(H,42,44,48)/b25-14-,27-15+. The number of ether oxygens (including phenoxy) is 2. The Morgan fingerprint density at radius 2 is 1.78 bits per heavy atom. The number of aryl methyl sites for hydroxylation is 1. The molecule has 0 saturated carbocycles. The van der Waals surface area contributed by atoms with Gasteiger partial charge in [0.1, 0.15) is 16.6 Å². The van der Waals surface area contributed by atoms with Crippen LogP contribution in [0.2, 0.25) is 5.02 Å². The highest BCUT2D eigenvalue weighted by atomic mass is 35.5. The largest absolute Gasteiger partial charge is 0.573 e. The lowest BCUT2D eigenvalue weighted by atomic mass is 10.1. The highest BCUT2D eigenvalue weighted by Gasteiger charge is 2.31. The van der Waals surface area contributed by atoms with Crippen molar-refractivity contribution in [2.24, 2.45) is 11.5 Å². The van der Waals surface area contributed by atoms with Crippen LogP contribution in [-0.4, -0.2) is 58.9 Å². The number of hydrogen-bond donors (Lipinski definition) is 4. The first kappa shape index (κ1) is 39.1. The summed E-state index contributed by atoms with van der Waals surface area (Å²) in [6, 6.07) is 11.7. The highest BCUT2D eigenvalue weighted by molar-refractivity contribution is 7.15. The number of halogens is 4. The first-order valence-corrected chi connectivity index (χ1v) is 17.4. The molecule has 2 aromatic carbocycles. The first-order chi connectivity index (χ1) is 24.3. The predicted octanol–water partition coefficient (Wildman–Crippen LogP) is 5.51. The van der Waals surface area contributed by atoms with Crippen LogP contribution >= 0.6 is 22.9 Å². The zero-order valence-corrected chi connectivity index (χ0v) is 29.2. The van der Waals surface area contributed by atoms with Crippen molar-refractivity contribution in [3.8, 4) is 5.75 Å². The van der Waals surface area contributed by atoms with Gasteiger partial charge in [0.2, 0.25) is 17.1 Å². The van der Waals surface area contributed by atoms with E-state index in [0.717, 1.165) is 44.5 Å². The number of benzene rings is 2. The number of nitrogens with one attached hydrogen (secondary N) is 2. The fourth-order valence-electron chi connectivity index (χ4n) is 5.16. The second-order valence-corrected chi connectivity index (χ2v) is 13.2. The second-order valence-electron chi connectivity index (χ2n) is 11.7. The molecule has 4 rings (SSSR count). The van der Waals surface area contributed by atoms with Crippen molar-refractivity contribution in [2.75, 3.05) is 25.0 Å². The Hall–Kier alpha value is -4.67. The fourth-order valence-corrected chi connectivity index (χ4v) is 6.14. The third kappa shape index (κ3) is 14.2. The van der Waals surface area contributed by atoms with Gasteiger partial charge in [0.25, 0.3) is 5.91 Å². The maximum atomic E-state index is 13.3. The molecule has 1 aromatic heterocycles. The molecule has 1 fully saturated rings. The molecule has 1 aliphatic heterocycles. The SMILES string of the molecule is N/C(=C\C=C(/N)NC(=O)Cc1cccc(OC(F)(F)F)c1)CCCCc1nnc(NC(=O)C(OC(=O)CN2CCCCC2)c2cccc(Cl)c2)s1. The molecule has 2 amide bonds. The van der Waals surface area contributed by atoms with Crippen molar-refractivity contribution in [1.29, 1.82) is 0 Å². The van der Waals surface area contributed by atoms with Crippen molar-refractivity contribution < 1.29 is 37.0 Å². The number of likely N-dealkylation sites (tertiary alicyclic amines) is 1. The summed E-state index contributed by atoms with van der Waals surface area (Å²) in [5.74, 6) is -2.01. The Labute approximate surface area is 302 Å². The minimum Gasteiger partial charge on any atom is -0.446 e. The lowest BCUT2D eigenvalue weighted by Crippen LogP contribution is -2.36. The van der Waals surface area contributed by atoms with Gasteiger partial charge < -0.3 is 26.3 Å². The fraction of sp³-hybridized carbons (Fsp3) is 0.382. The molecule has 1 unspecified atom stereocenters. The normalized spacial score (nSPS) is 14.8. The Kier molecular flexibility index (Phi) is 14.6. The number of alkyl halides is 3. The smallest absolute Gasteiger partial charge is 0.446 e. The first-order valence-electron chi connectivity index (χ1n) is 16.2. The molecule has 2 heterocycles. The topological polar surface area (TPSA) is 175 Å². The predicted molar refractivity (Wildman–Crippen MR) is 186 cm³/mol. The number of amides is 2. The minimum atomic E-state index is -4.84. The van der Waals surface area contributed by atoms with E-state index in [1.54, 1.807) is 30.3 Å². The van der Waals surface area contributed by atoms with Crippen LogP contribution < -0.4 is 26.8 Å². The molecule has 0 spiro atoms. The molecule has 274 valence electrons. The maximum absolute atomic E-state index is 13.3. The number of aromatic nitrogens is 2. The summed E-state index contributed by atoms with van der Waals surface area (Å²) < 4.78 is 46.9. The molecule has 1 saturated heterocycles. The maximum Gasteiger partial charge on any atom is 0.573 e. The Balaban J connectivity index is 1.21. The summed E-state index contributed by atoms with van der Waals surface area (Å²) in [6.07, 6.45) is 2.38. The quantitative estimate of drug-likeness (QED) is 0.0830. The molecule has 1 aliphatic rings. The second kappa shape index (κ2) is 19.1. The van der Waals surface area contributed by atoms with Gasteiger partial charge in [-0.05, 0) is 87.2 Å². The number of nitrogens with two attached hydrogens (primary N) is 2. The van der Waals surface area contributed by atoms with E-state index >= 15 is 0 Å². The number of nitrogens with zero attached hydrogens (tertiary/aromatic N) is 3. The number of rotatable bonds is 16. The van der Waals surface area contributed by atoms with Crippen LogP contribution in [0.25, 0.3) is 0 Å². The van der Waals surface area contributed by atoms with Gasteiger partial charge in [-0.3, -0.25) is 24.6 Å². The number of piperidine rings is 1. The number of hydrogen-bond acceptors (Lipinski definition) is 11. The van der Waals surface area contributed by atoms with E-state index in [9.17, 15) is 27.6 Å². The van der Waals surface area contributed by atoms with E-state index in [1.807, 2.05) is 4.90 Å². The lowest BCUT2D eigenvalue weighted by Gasteiger charge is -2.26. The number of carbonyl (C=O) groups is 3. The molecular formula is C34H39ClF3N7O5S. The van der Waals surface area contributed by atoms with Gasteiger partial charge in [0.15, 0.2) is 0 Å². The highest BCUT2D eigenvalue weighted by Crippen LogP contribution is 2.26. The molecule has 51 heavy (non-hydrogen) atoms. The molecule has 3 aromatic rings. The Morgan fingerprint density at radius 1 is 1.02 bits per heavy atom. The Bertz CT molecular complexity index is 1710. The molecule has 1 atom stereocenters. The van der Waals surface area contributed by atoms with Gasteiger partial charge in [0, 0.05) is 22.7 Å². The number of anilines is 1. The summed E-state index contributed by atoms with van der Waals surface area (Å²) in [6.45, 7) is 1.71. The van der Waals surface area contributed by atoms with Crippen molar-refractivity contribution in [3.63, 3.8) is 0 Å². The molecule has 0 aliphatic carbocycles. The summed E-state index contributed by atoms with van der Waals surface area (Å²) in [5.41, 5.74) is 13.2. The monoisotopic (exact) mass is 749 g/mol. The Morgan fingerprint density at radius 3 is 2.53 bits per heavy atom. The van der Waals surface area contributed by atoms with Crippen LogP contribution in [0.1, 0.15) is 60.8 Å². The van der Waals surface area contributed by atoms with Gasteiger partial charge in [-0.25, -0.2) is 0 Å². The summed E-state index contributed by atoms with van der Waals surface area (Å²) >= 11 is 7.37. The number of carbonyl (C=O) groups excluding carboxylic acids is 3. The van der Waals surface area contributed by atoms with E-state index in [1.165, 1.54) is 29.5 Å². The molecular weight excluding hydrogens is 711 g/mol. The third-order valence-electron chi connectivity index (χ3n) is 7.50. The zero-order valence-electron chi connectivity index (χ0n) is 27.6. The van der Waals surface area contributed by atoms with Crippen molar-refractivity contribution in [1.82, 2.24) is 20.4 Å². The van der Waals surface area contributed by atoms with E-state index < -0.39 is 36.0 Å². The van der Waals surface area contributed by atoms with Crippen LogP contribution in [-0.2, 0) is 32.0 Å². The van der Waals surface area contributed by atoms with Crippen molar-refractivity contribution in [3.05, 3.63) is 93.4 Å². The van der Waals surface area contributed by atoms with Crippen LogP contribution in [0.15, 0.2) is 72.2 Å².